The Balaban J connectivity index is 1.55. The predicted molar refractivity (Wildman–Crippen MR) is 106 cm³/mol. The summed E-state index contributed by atoms with van der Waals surface area (Å²) in [5.74, 6) is 0.553. The van der Waals surface area contributed by atoms with Crippen molar-refractivity contribution in [2.45, 2.75) is 25.7 Å². The van der Waals surface area contributed by atoms with E-state index in [4.69, 9.17) is 4.98 Å². The van der Waals surface area contributed by atoms with E-state index in [0.717, 1.165) is 41.8 Å². The second-order valence-electron chi connectivity index (χ2n) is 7.22. The van der Waals surface area contributed by atoms with Gasteiger partial charge in [0.2, 0.25) is 0 Å². The number of nitrogens with zero attached hydrogens (tertiary/aromatic N) is 3. The summed E-state index contributed by atoms with van der Waals surface area (Å²) in [6.45, 7) is 3.38. The number of carbonyl (C=O) groups excluding carboxylic acids is 1. The number of hydrogen-bond acceptors (Lipinski definition) is 3. The summed E-state index contributed by atoms with van der Waals surface area (Å²) in [6, 6.07) is 15.8. The van der Waals surface area contributed by atoms with Crippen molar-refractivity contribution >= 4 is 5.91 Å². The molecule has 28 heavy (non-hydrogen) atoms. The Morgan fingerprint density at radius 2 is 1.89 bits per heavy atom. The van der Waals surface area contributed by atoms with Gasteiger partial charge in [-0.3, -0.25) is 4.79 Å². The maximum Gasteiger partial charge on any atom is 0.254 e. The Morgan fingerprint density at radius 3 is 2.68 bits per heavy atom. The normalized spacial score (nSPS) is 16.8. The lowest BCUT2D eigenvalue weighted by atomic mass is 9.93. The van der Waals surface area contributed by atoms with Crippen molar-refractivity contribution in [3.05, 3.63) is 83.4 Å². The summed E-state index contributed by atoms with van der Waals surface area (Å²) < 4.78 is 13.2. The van der Waals surface area contributed by atoms with E-state index in [1.54, 1.807) is 18.3 Å². The number of aryl methyl sites for hydroxylation is 1. The molecule has 0 bridgehead atoms. The molecule has 1 aromatic heterocycles. The van der Waals surface area contributed by atoms with Gasteiger partial charge in [-0.1, -0.05) is 18.2 Å². The molecule has 0 aliphatic carbocycles. The minimum atomic E-state index is -0.280. The molecule has 1 fully saturated rings. The van der Waals surface area contributed by atoms with Crippen LogP contribution in [0.4, 0.5) is 4.39 Å². The van der Waals surface area contributed by atoms with Gasteiger partial charge in [-0.25, -0.2) is 14.4 Å². The van der Waals surface area contributed by atoms with Crippen molar-refractivity contribution in [3.8, 4) is 11.4 Å². The number of hydrogen-bond donors (Lipinski definition) is 0. The fraction of sp³-hybridized carbons (Fsp3) is 0.261. The SMILES string of the molecule is Cc1ccccc1C(=O)N1CCC[C@H](c2ccnc(-c3ccc(F)cc3)n2)C1. The molecule has 142 valence electrons. The Morgan fingerprint density at radius 1 is 1.11 bits per heavy atom. The third-order valence-corrected chi connectivity index (χ3v) is 5.28. The van der Waals surface area contributed by atoms with Crippen LogP contribution in [0, 0.1) is 12.7 Å². The maximum absolute atomic E-state index is 13.2. The first-order valence-electron chi connectivity index (χ1n) is 9.55. The third kappa shape index (κ3) is 3.79. The fourth-order valence-electron chi connectivity index (χ4n) is 3.72. The monoisotopic (exact) mass is 375 g/mol. The van der Waals surface area contributed by atoms with E-state index >= 15 is 0 Å². The second kappa shape index (κ2) is 7.89. The van der Waals surface area contributed by atoms with E-state index in [1.165, 1.54) is 12.1 Å². The van der Waals surface area contributed by atoms with Gasteiger partial charge >= 0.3 is 0 Å². The number of piperidine rings is 1. The summed E-state index contributed by atoms with van der Waals surface area (Å²) in [5.41, 5.74) is 3.47. The molecule has 2 heterocycles. The fourth-order valence-corrected chi connectivity index (χ4v) is 3.72. The van der Waals surface area contributed by atoms with Gasteiger partial charge in [-0.15, -0.1) is 0 Å². The maximum atomic E-state index is 13.2. The highest BCUT2D eigenvalue weighted by atomic mass is 19.1. The topological polar surface area (TPSA) is 46.1 Å². The molecular formula is C23H22FN3O. The van der Waals surface area contributed by atoms with Crippen LogP contribution >= 0.6 is 0 Å². The number of halogens is 1. The Kier molecular flexibility index (Phi) is 5.15. The molecule has 0 N–H and O–H groups in total. The van der Waals surface area contributed by atoms with Gasteiger partial charge in [0.1, 0.15) is 5.82 Å². The minimum absolute atomic E-state index is 0.0793. The molecule has 0 unspecified atom stereocenters. The van der Waals surface area contributed by atoms with Crippen molar-refractivity contribution < 1.29 is 9.18 Å². The Labute approximate surface area is 164 Å². The van der Waals surface area contributed by atoms with Crippen LogP contribution < -0.4 is 0 Å². The van der Waals surface area contributed by atoms with Crippen molar-refractivity contribution in [1.29, 1.82) is 0 Å². The quantitative estimate of drug-likeness (QED) is 0.671. The average molecular weight is 375 g/mol. The smallest absolute Gasteiger partial charge is 0.254 e. The lowest BCUT2D eigenvalue weighted by Gasteiger charge is -2.33. The zero-order valence-corrected chi connectivity index (χ0v) is 15.8. The average Bonchev–Trinajstić information content (AvgIpc) is 2.74. The number of benzene rings is 2. The summed E-state index contributed by atoms with van der Waals surface area (Å²) >= 11 is 0. The van der Waals surface area contributed by atoms with E-state index in [0.29, 0.717) is 12.4 Å². The molecular weight excluding hydrogens is 353 g/mol. The number of aromatic nitrogens is 2. The van der Waals surface area contributed by atoms with Crippen LogP contribution in [0.3, 0.4) is 0 Å². The Bertz CT molecular complexity index is 987. The van der Waals surface area contributed by atoms with Crippen molar-refractivity contribution in [1.82, 2.24) is 14.9 Å². The van der Waals surface area contributed by atoms with Crippen molar-refractivity contribution in [3.63, 3.8) is 0 Å². The minimum Gasteiger partial charge on any atom is -0.338 e. The van der Waals surface area contributed by atoms with Gasteiger partial charge in [-0.05, 0) is 61.7 Å². The number of amides is 1. The number of carbonyl (C=O) groups is 1. The van der Waals surface area contributed by atoms with Crippen LogP contribution in [0.15, 0.2) is 60.8 Å². The Hall–Kier alpha value is -3.08. The molecule has 1 saturated heterocycles. The number of likely N-dealkylation sites (tertiary alicyclic amines) is 1. The zero-order chi connectivity index (χ0) is 19.5. The molecule has 5 heteroatoms. The molecule has 2 aromatic carbocycles. The van der Waals surface area contributed by atoms with Crippen LogP contribution in [-0.2, 0) is 0 Å². The summed E-state index contributed by atoms with van der Waals surface area (Å²) in [5, 5.41) is 0. The molecule has 1 amide bonds. The zero-order valence-electron chi connectivity index (χ0n) is 15.8. The van der Waals surface area contributed by atoms with Gasteiger partial charge < -0.3 is 4.90 Å². The van der Waals surface area contributed by atoms with Crippen LogP contribution in [0.5, 0.6) is 0 Å². The summed E-state index contributed by atoms with van der Waals surface area (Å²) in [6.07, 6.45) is 3.67. The highest BCUT2D eigenvalue weighted by Crippen LogP contribution is 2.28. The molecule has 4 rings (SSSR count). The summed E-state index contributed by atoms with van der Waals surface area (Å²) in [7, 11) is 0. The van der Waals surface area contributed by atoms with Crippen LogP contribution in [0.25, 0.3) is 11.4 Å². The van der Waals surface area contributed by atoms with E-state index in [-0.39, 0.29) is 17.6 Å². The van der Waals surface area contributed by atoms with Gasteiger partial charge in [-0.2, -0.15) is 0 Å². The van der Waals surface area contributed by atoms with Gasteiger partial charge in [0.15, 0.2) is 5.82 Å². The lowest BCUT2D eigenvalue weighted by molar-refractivity contribution is 0.0705. The van der Waals surface area contributed by atoms with Crippen LogP contribution in [0.2, 0.25) is 0 Å². The van der Waals surface area contributed by atoms with Crippen molar-refractivity contribution in [2.24, 2.45) is 0 Å². The molecule has 3 aromatic rings. The molecule has 1 atom stereocenters. The van der Waals surface area contributed by atoms with E-state index in [2.05, 4.69) is 4.98 Å². The van der Waals surface area contributed by atoms with Gasteiger partial charge in [0, 0.05) is 42.0 Å². The largest absolute Gasteiger partial charge is 0.338 e. The predicted octanol–water partition coefficient (Wildman–Crippen LogP) is 4.61. The van der Waals surface area contributed by atoms with Gasteiger partial charge in [0.25, 0.3) is 5.91 Å². The van der Waals surface area contributed by atoms with Crippen LogP contribution in [-0.4, -0.2) is 33.9 Å². The molecule has 1 aliphatic rings. The van der Waals surface area contributed by atoms with E-state index < -0.39 is 0 Å². The molecule has 1 aliphatic heterocycles. The first-order chi connectivity index (χ1) is 13.6. The van der Waals surface area contributed by atoms with E-state index in [1.807, 2.05) is 42.2 Å². The first-order valence-corrected chi connectivity index (χ1v) is 9.55. The molecule has 0 spiro atoms. The highest BCUT2D eigenvalue weighted by Gasteiger charge is 2.27. The van der Waals surface area contributed by atoms with Gasteiger partial charge in [0.05, 0.1) is 0 Å². The number of rotatable bonds is 3. The third-order valence-electron chi connectivity index (χ3n) is 5.28. The highest BCUT2D eigenvalue weighted by molar-refractivity contribution is 5.95. The van der Waals surface area contributed by atoms with E-state index in [9.17, 15) is 9.18 Å². The molecule has 0 radical (unpaired) electrons. The second-order valence-corrected chi connectivity index (χ2v) is 7.22. The molecule has 4 nitrogen and oxygen atoms in total. The van der Waals surface area contributed by atoms with Crippen LogP contribution in [0.1, 0.15) is 40.4 Å². The summed E-state index contributed by atoms with van der Waals surface area (Å²) in [4.78, 5) is 23.9. The first kappa shape index (κ1) is 18.3. The standard InChI is InChI=1S/C23H22FN3O/c1-16-5-2-3-7-20(16)23(28)27-14-4-6-18(15-27)21-12-13-25-22(26-21)17-8-10-19(24)11-9-17/h2-3,5,7-13,18H,4,6,14-15H2,1H3/t18-/m0/s1. The molecule has 0 saturated carbocycles. The van der Waals surface area contributed by atoms with Crippen molar-refractivity contribution in [2.75, 3.05) is 13.1 Å². The lowest BCUT2D eigenvalue weighted by Crippen LogP contribution is -2.39.